The number of carbonyl (C=O) groups is 1. The fourth-order valence-electron chi connectivity index (χ4n) is 2.94. The Morgan fingerprint density at radius 3 is 2.84 bits per heavy atom. The smallest absolute Gasteiger partial charge is 0.231 e. The maximum atomic E-state index is 12.7. The molecule has 1 unspecified atom stereocenters. The summed E-state index contributed by atoms with van der Waals surface area (Å²) in [6.45, 7) is 6.01. The highest BCUT2D eigenvalue weighted by Crippen LogP contribution is 2.33. The maximum absolute atomic E-state index is 12.7. The molecule has 2 rings (SSSR count). The molecular weight excluding hydrogens is 236 g/mol. The highest BCUT2D eigenvalue weighted by atomic mass is 16.2. The molecule has 2 N–H and O–H groups in total. The van der Waals surface area contributed by atoms with Crippen molar-refractivity contribution in [2.75, 3.05) is 18.4 Å². The number of hydrogen-bond acceptors (Lipinski definition) is 2. The summed E-state index contributed by atoms with van der Waals surface area (Å²) in [4.78, 5) is 12.7. The molecule has 0 spiro atoms. The van der Waals surface area contributed by atoms with E-state index in [0.717, 1.165) is 50.0 Å². The van der Waals surface area contributed by atoms with Crippen LogP contribution in [-0.4, -0.2) is 19.0 Å². The first-order valence-corrected chi connectivity index (χ1v) is 7.26. The molecular formula is C16H24N2O. The van der Waals surface area contributed by atoms with Gasteiger partial charge in [-0.2, -0.15) is 0 Å². The van der Waals surface area contributed by atoms with Crippen molar-refractivity contribution in [2.24, 2.45) is 5.41 Å². The zero-order valence-electron chi connectivity index (χ0n) is 12.0. The van der Waals surface area contributed by atoms with Gasteiger partial charge in [-0.15, -0.1) is 0 Å². The van der Waals surface area contributed by atoms with Gasteiger partial charge in [0.15, 0.2) is 0 Å². The minimum Gasteiger partial charge on any atom is -0.325 e. The van der Waals surface area contributed by atoms with Gasteiger partial charge < -0.3 is 10.6 Å². The summed E-state index contributed by atoms with van der Waals surface area (Å²) < 4.78 is 0. The second-order valence-corrected chi connectivity index (χ2v) is 5.58. The van der Waals surface area contributed by atoms with Gasteiger partial charge in [0.1, 0.15) is 0 Å². The fraction of sp³-hybridized carbons (Fsp3) is 0.562. The molecule has 0 aromatic heterocycles. The predicted octanol–water partition coefficient (Wildman–Crippen LogP) is 3.10. The number of amides is 1. The van der Waals surface area contributed by atoms with E-state index in [1.165, 1.54) is 0 Å². The van der Waals surface area contributed by atoms with Gasteiger partial charge in [-0.3, -0.25) is 4.79 Å². The monoisotopic (exact) mass is 260 g/mol. The van der Waals surface area contributed by atoms with Gasteiger partial charge in [0.2, 0.25) is 5.91 Å². The number of rotatable bonds is 4. The van der Waals surface area contributed by atoms with Crippen molar-refractivity contribution < 1.29 is 4.79 Å². The van der Waals surface area contributed by atoms with Crippen LogP contribution in [0.15, 0.2) is 24.3 Å². The molecule has 0 saturated carbocycles. The average Bonchev–Trinajstić information content (AvgIpc) is 2.42. The molecule has 1 aliphatic rings. The molecule has 3 heteroatoms. The van der Waals surface area contributed by atoms with Crippen molar-refractivity contribution in [1.82, 2.24) is 5.32 Å². The second-order valence-electron chi connectivity index (χ2n) is 5.58. The number of hydrogen-bond donors (Lipinski definition) is 2. The van der Waals surface area contributed by atoms with E-state index in [1.54, 1.807) is 0 Å². The number of benzene rings is 1. The first-order chi connectivity index (χ1) is 9.18. The normalized spacial score (nSPS) is 23.1. The summed E-state index contributed by atoms with van der Waals surface area (Å²) in [6.07, 6.45) is 4.08. The minimum absolute atomic E-state index is 0.177. The zero-order valence-corrected chi connectivity index (χ0v) is 12.0. The number of anilines is 1. The van der Waals surface area contributed by atoms with E-state index >= 15 is 0 Å². The van der Waals surface area contributed by atoms with E-state index in [9.17, 15) is 4.79 Å². The molecule has 3 nitrogen and oxygen atoms in total. The number of carbonyl (C=O) groups excluding carboxylic acids is 1. The largest absolute Gasteiger partial charge is 0.325 e. The molecule has 1 aliphatic heterocycles. The molecule has 0 radical (unpaired) electrons. The quantitative estimate of drug-likeness (QED) is 0.873. The van der Waals surface area contributed by atoms with Crippen LogP contribution >= 0.6 is 0 Å². The second kappa shape index (κ2) is 6.20. The summed E-state index contributed by atoms with van der Waals surface area (Å²) in [5, 5.41) is 6.51. The summed E-state index contributed by atoms with van der Waals surface area (Å²) in [5.74, 6) is 0.177. The molecule has 0 aliphatic carbocycles. The molecule has 1 aromatic rings. The molecule has 1 aromatic carbocycles. The molecule has 19 heavy (non-hydrogen) atoms. The highest BCUT2D eigenvalue weighted by molar-refractivity contribution is 5.96. The lowest BCUT2D eigenvalue weighted by molar-refractivity contribution is -0.127. The summed E-state index contributed by atoms with van der Waals surface area (Å²) in [7, 11) is 0. The Labute approximate surface area is 115 Å². The lowest BCUT2D eigenvalue weighted by Crippen LogP contribution is -2.48. The lowest BCUT2D eigenvalue weighted by atomic mass is 9.76. The van der Waals surface area contributed by atoms with Crippen LogP contribution in [0.5, 0.6) is 0 Å². The van der Waals surface area contributed by atoms with Gasteiger partial charge >= 0.3 is 0 Å². The Balaban J connectivity index is 2.14. The van der Waals surface area contributed by atoms with Gasteiger partial charge in [-0.1, -0.05) is 31.5 Å². The van der Waals surface area contributed by atoms with Gasteiger partial charge in [0, 0.05) is 12.2 Å². The maximum Gasteiger partial charge on any atom is 0.231 e. The number of nitrogens with one attached hydrogen (secondary N) is 2. The minimum atomic E-state index is -0.227. The Hall–Kier alpha value is -1.35. The Morgan fingerprint density at radius 1 is 1.42 bits per heavy atom. The van der Waals surface area contributed by atoms with Crippen LogP contribution in [0, 0.1) is 12.3 Å². The van der Waals surface area contributed by atoms with Crippen molar-refractivity contribution in [3.63, 3.8) is 0 Å². The first-order valence-electron chi connectivity index (χ1n) is 7.26. The SMILES string of the molecule is CCCC1(C(=O)Nc2ccccc2C)CCCNC1. The van der Waals surface area contributed by atoms with E-state index in [0.29, 0.717) is 0 Å². The molecule has 0 bridgehead atoms. The van der Waals surface area contributed by atoms with Crippen molar-refractivity contribution in [3.05, 3.63) is 29.8 Å². The summed E-state index contributed by atoms with van der Waals surface area (Å²) >= 11 is 0. The highest BCUT2D eigenvalue weighted by Gasteiger charge is 2.38. The number of piperidine rings is 1. The van der Waals surface area contributed by atoms with Crippen LogP contribution in [0.25, 0.3) is 0 Å². The molecule has 104 valence electrons. The molecule has 1 saturated heterocycles. The molecule has 1 amide bonds. The third kappa shape index (κ3) is 3.16. The van der Waals surface area contributed by atoms with E-state index < -0.39 is 0 Å². The van der Waals surface area contributed by atoms with Crippen LogP contribution in [0.3, 0.4) is 0 Å². The van der Waals surface area contributed by atoms with E-state index in [-0.39, 0.29) is 11.3 Å². The van der Waals surface area contributed by atoms with Gasteiger partial charge in [0.25, 0.3) is 0 Å². The predicted molar refractivity (Wildman–Crippen MR) is 79.3 cm³/mol. The zero-order chi connectivity index (χ0) is 13.7. The van der Waals surface area contributed by atoms with Crippen LogP contribution in [-0.2, 0) is 4.79 Å². The van der Waals surface area contributed by atoms with Crippen LogP contribution in [0.4, 0.5) is 5.69 Å². The van der Waals surface area contributed by atoms with Crippen molar-refractivity contribution >= 4 is 11.6 Å². The fourth-order valence-corrected chi connectivity index (χ4v) is 2.94. The van der Waals surface area contributed by atoms with Crippen LogP contribution in [0.2, 0.25) is 0 Å². The van der Waals surface area contributed by atoms with Crippen molar-refractivity contribution in [3.8, 4) is 0 Å². The van der Waals surface area contributed by atoms with E-state index in [2.05, 4.69) is 17.6 Å². The van der Waals surface area contributed by atoms with Crippen LogP contribution in [0.1, 0.15) is 38.2 Å². The Kier molecular flexibility index (Phi) is 4.59. The number of aryl methyl sites for hydroxylation is 1. The third-order valence-corrected chi connectivity index (χ3v) is 4.08. The molecule has 1 heterocycles. The third-order valence-electron chi connectivity index (χ3n) is 4.08. The Morgan fingerprint density at radius 2 is 2.21 bits per heavy atom. The van der Waals surface area contributed by atoms with Gasteiger partial charge in [0.05, 0.1) is 5.41 Å². The number of para-hydroxylation sites is 1. The first kappa shape index (κ1) is 14.1. The van der Waals surface area contributed by atoms with Crippen molar-refractivity contribution in [1.29, 1.82) is 0 Å². The van der Waals surface area contributed by atoms with Crippen LogP contribution < -0.4 is 10.6 Å². The van der Waals surface area contributed by atoms with E-state index in [4.69, 9.17) is 0 Å². The standard InChI is InChI=1S/C16H24N2O/c1-3-9-16(10-6-11-17-12-16)15(19)18-14-8-5-4-7-13(14)2/h4-5,7-8,17H,3,6,9-12H2,1-2H3,(H,18,19). The topological polar surface area (TPSA) is 41.1 Å². The molecule has 1 atom stereocenters. The molecule has 1 fully saturated rings. The lowest BCUT2D eigenvalue weighted by Gasteiger charge is -2.36. The van der Waals surface area contributed by atoms with Crippen molar-refractivity contribution in [2.45, 2.75) is 39.5 Å². The van der Waals surface area contributed by atoms with Gasteiger partial charge in [-0.05, 0) is 44.4 Å². The summed E-state index contributed by atoms with van der Waals surface area (Å²) in [6, 6.07) is 7.97. The summed E-state index contributed by atoms with van der Waals surface area (Å²) in [5.41, 5.74) is 1.83. The van der Waals surface area contributed by atoms with Gasteiger partial charge in [-0.25, -0.2) is 0 Å². The van der Waals surface area contributed by atoms with E-state index in [1.807, 2.05) is 31.2 Å². The average molecular weight is 260 g/mol. The Bertz CT molecular complexity index is 431.